The highest BCUT2D eigenvalue weighted by Crippen LogP contribution is 2.25. The third-order valence-corrected chi connectivity index (χ3v) is 2.56. The molecular formula is C14H16N2O3. The van der Waals surface area contributed by atoms with Gasteiger partial charge < -0.3 is 14.2 Å². The number of methoxy groups -OCH3 is 2. The highest BCUT2D eigenvalue weighted by atomic mass is 16.5. The highest BCUT2D eigenvalue weighted by Gasteiger charge is 2.07. The normalized spacial score (nSPS) is 10.1. The van der Waals surface area contributed by atoms with Gasteiger partial charge in [0, 0.05) is 6.20 Å². The smallest absolute Gasteiger partial charge is 0.257 e. The van der Waals surface area contributed by atoms with E-state index in [0.717, 1.165) is 17.0 Å². The van der Waals surface area contributed by atoms with Crippen LogP contribution in [0.3, 0.4) is 0 Å². The van der Waals surface area contributed by atoms with E-state index in [4.69, 9.17) is 14.2 Å². The number of ether oxygens (including phenoxy) is 3. The van der Waals surface area contributed by atoms with E-state index in [0.29, 0.717) is 18.2 Å². The quantitative estimate of drug-likeness (QED) is 0.826. The molecule has 0 saturated heterocycles. The zero-order valence-corrected chi connectivity index (χ0v) is 11.2. The van der Waals surface area contributed by atoms with Crippen molar-refractivity contribution in [2.24, 2.45) is 0 Å². The predicted molar refractivity (Wildman–Crippen MR) is 70.6 cm³/mol. The molecule has 100 valence electrons. The van der Waals surface area contributed by atoms with Crippen molar-refractivity contribution in [2.45, 2.75) is 13.5 Å². The molecule has 2 rings (SSSR count). The van der Waals surface area contributed by atoms with E-state index in [1.165, 1.54) is 0 Å². The third-order valence-electron chi connectivity index (χ3n) is 2.56. The molecular weight excluding hydrogens is 244 g/mol. The van der Waals surface area contributed by atoms with E-state index in [-0.39, 0.29) is 0 Å². The number of hydrogen-bond acceptors (Lipinski definition) is 5. The Labute approximate surface area is 112 Å². The van der Waals surface area contributed by atoms with E-state index in [1.54, 1.807) is 26.6 Å². The Hall–Kier alpha value is -2.30. The molecule has 0 aliphatic carbocycles. The Kier molecular flexibility index (Phi) is 4.18. The third kappa shape index (κ3) is 3.34. The van der Waals surface area contributed by atoms with Crippen LogP contribution in [0.15, 0.2) is 30.6 Å². The van der Waals surface area contributed by atoms with Crippen molar-refractivity contribution in [1.82, 2.24) is 9.97 Å². The SMILES string of the molecule is COc1ccc(COc2ncc(C)cc2OC)nc1. The molecule has 0 aromatic carbocycles. The van der Waals surface area contributed by atoms with E-state index in [9.17, 15) is 0 Å². The van der Waals surface area contributed by atoms with Crippen LogP contribution in [-0.2, 0) is 6.61 Å². The van der Waals surface area contributed by atoms with Crippen molar-refractivity contribution >= 4 is 0 Å². The number of rotatable bonds is 5. The zero-order chi connectivity index (χ0) is 13.7. The second-order valence-corrected chi connectivity index (χ2v) is 4.00. The van der Waals surface area contributed by atoms with Gasteiger partial charge in [-0.05, 0) is 30.7 Å². The molecule has 2 aromatic heterocycles. The van der Waals surface area contributed by atoms with Crippen molar-refractivity contribution < 1.29 is 14.2 Å². The fraction of sp³-hybridized carbons (Fsp3) is 0.286. The first-order chi connectivity index (χ1) is 9.22. The summed E-state index contributed by atoms with van der Waals surface area (Å²) in [4.78, 5) is 8.42. The Morgan fingerprint density at radius 2 is 1.89 bits per heavy atom. The highest BCUT2D eigenvalue weighted by molar-refractivity contribution is 5.35. The molecule has 0 amide bonds. The van der Waals surface area contributed by atoms with Gasteiger partial charge in [0.1, 0.15) is 12.4 Å². The minimum absolute atomic E-state index is 0.330. The first-order valence-electron chi connectivity index (χ1n) is 5.85. The van der Waals surface area contributed by atoms with Gasteiger partial charge in [-0.3, -0.25) is 4.98 Å². The van der Waals surface area contributed by atoms with Gasteiger partial charge in [-0.25, -0.2) is 4.98 Å². The summed E-state index contributed by atoms with van der Waals surface area (Å²) in [5, 5.41) is 0. The lowest BCUT2D eigenvalue weighted by molar-refractivity contribution is 0.268. The van der Waals surface area contributed by atoms with Crippen molar-refractivity contribution in [3.8, 4) is 17.4 Å². The zero-order valence-electron chi connectivity index (χ0n) is 11.2. The molecule has 19 heavy (non-hydrogen) atoms. The average molecular weight is 260 g/mol. The topological polar surface area (TPSA) is 53.5 Å². The van der Waals surface area contributed by atoms with Crippen LogP contribution in [0.5, 0.6) is 17.4 Å². The average Bonchev–Trinajstić information content (AvgIpc) is 2.46. The number of aromatic nitrogens is 2. The number of hydrogen-bond donors (Lipinski definition) is 0. The predicted octanol–water partition coefficient (Wildman–Crippen LogP) is 2.38. The summed E-state index contributed by atoms with van der Waals surface area (Å²) in [6, 6.07) is 5.56. The molecule has 5 heteroatoms. The number of nitrogens with zero attached hydrogens (tertiary/aromatic N) is 2. The maximum atomic E-state index is 5.60. The fourth-order valence-corrected chi connectivity index (χ4v) is 1.54. The van der Waals surface area contributed by atoms with Gasteiger partial charge in [0.05, 0.1) is 26.1 Å². The minimum atomic E-state index is 0.330. The summed E-state index contributed by atoms with van der Waals surface area (Å²) in [5.74, 6) is 1.80. The molecule has 0 spiro atoms. The second kappa shape index (κ2) is 6.04. The molecule has 0 aliphatic heterocycles. The first-order valence-corrected chi connectivity index (χ1v) is 5.85. The van der Waals surface area contributed by atoms with E-state index in [1.807, 2.05) is 25.1 Å². The Morgan fingerprint density at radius 1 is 1.05 bits per heavy atom. The van der Waals surface area contributed by atoms with E-state index >= 15 is 0 Å². The molecule has 0 fully saturated rings. The minimum Gasteiger partial charge on any atom is -0.495 e. The fourth-order valence-electron chi connectivity index (χ4n) is 1.54. The van der Waals surface area contributed by atoms with Gasteiger partial charge in [0.2, 0.25) is 0 Å². The summed E-state index contributed by atoms with van der Waals surface area (Å²) < 4.78 is 15.9. The lowest BCUT2D eigenvalue weighted by Gasteiger charge is -2.09. The molecule has 0 unspecified atom stereocenters. The number of aryl methyl sites for hydroxylation is 1. The molecule has 2 aromatic rings. The first kappa shape index (κ1) is 13.1. The standard InChI is InChI=1S/C14H16N2O3/c1-10-6-13(18-3)14(16-7-10)19-9-11-4-5-12(17-2)8-15-11/h4-8H,9H2,1-3H3. The van der Waals surface area contributed by atoms with Crippen molar-refractivity contribution in [3.63, 3.8) is 0 Å². The molecule has 0 bridgehead atoms. The van der Waals surface area contributed by atoms with Gasteiger partial charge >= 0.3 is 0 Å². The summed E-state index contributed by atoms with van der Waals surface area (Å²) in [6.45, 7) is 2.28. The Balaban J connectivity index is 2.05. The van der Waals surface area contributed by atoms with Crippen molar-refractivity contribution in [1.29, 1.82) is 0 Å². The van der Waals surface area contributed by atoms with Crippen LogP contribution in [0.2, 0.25) is 0 Å². The van der Waals surface area contributed by atoms with Crippen LogP contribution in [0.4, 0.5) is 0 Å². The summed E-state index contributed by atoms with van der Waals surface area (Å²) >= 11 is 0. The van der Waals surface area contributed by atoms with Gasteiger partial charge in [-0.15, -0.1) is 0 Å². The van der Waals surface area contributed by atoms with E-state index in [2.05, 4.69) is 9.97 Å². The maximum absolute atomic E-state index is 5.60. The molecule has 0 aliphatic rings. The lowest BCUT2D eigenvalue weighted by atomic mass is 10.3. The van der Waals surface area contributed by atoms with Gasteiger partial charge in [0.25, 0.3) is 5.88 Å². The molecule has 0 atom stereocenters. The van der Waals surface area contributed by atoms with Crippen LogP contribution < -0.4 is 14.2 Å². The summed E-state index contributed by atoms with van der Waals surface area (Å²) in [6.07, 6.45) is 3.39. The van der Waals surface area contributed by atoms with Crippen molar-refractivity contribution in [3.05, 3.63) is 41.9 Å². The van der Waals surface area contributed by atoms with Crippen LogP contribution in [0.25, 0.3) is 0 Å². The molecule has 0 radical (unpaired) electrons. The lowest BCUT2D eigenvalue weighted by Crippen LogP contribution is -2.01. The van der Waals surface area contributed by atoms with Crippen LogP contribution in [0, 0.1) is 6.92 Å². The number of pyridine rings is 2. The Bertz CT molecular complexity index is 541. The van der Waals surface area contributed by atoms with Gasteiger partial charge in [0.15, 0.2) is 5.75 Å². The molecule has 5 nitrogen and oxygen atoms in total. The Morgan fingerprint density at radius 3 is 2.53 bits per heavy atom. The van der Waals surface area contributed by atoms with Crippen LogP contribution >= 0.6 is 0 Å². The molecule has 2 heterocycles. The van der Waals surface area contributed by atoms with Crippen molar-refractivity contribution in [2.75, 3.05) is 14.2 Å². The molecule has 0 N–H and O–H groups in total. The van der Waals surface area contributed by atoms with Gasteiger partial charge in [-0.1, -0.05) is 0 Å². The second-order valence-electron chi connectivity index (χ2n) is 4.00. The van der Waals surface area contributed by atoms with Crippen LogP contribution in [0.1, 0.15) is 11.3 Å². The summed E-state index contributed by atoms with van der Waals surface area (Å²) in [5.41, 5.74) is 1.82. The largest absolute Gasteiger partial charge is 0.495 e. The summed E-state index contributed by atoms with van der Waals surface area (Å²) in [7, 11) is 3.20. The van der Waals surface area contributed by atoms with Crippen LogP contribution in [-0.4, -0.2) is 24.2 Å². The maximum Gasteiger partial charge on any atom is 0.257 e. The van der Waals surface area contributed by atoms with E-state index < -0.39 is 0 Å². The molecule has 0 saturated carbocycles. The van der Waals surface area contributed by atoms with Gasteiger partial charge in [-0.2, -0.15) is 0 Å². The monoisotopic (exact) mass is 260 g/mol.